The van der Waals surface area contributed by atoms with Crippen LogP contribution >= 0.6 is 23.2 Å². The molecule has 0 spiro atoms. The lowest BCUT2D eigenvalue weighted by Crippen LogP contribution is -2.37. The van der Waals surface area contributed by atoms with Crippen molar-refractivity contribution in [2.24, 2.45) is 0 Å². The normalized spacial score (nSPS) is 11.1. The minimum absolute atomic E-state index is 0.0108. The maximum Gasteiger partial charge on any atom is 0.274 e. The molecule has 3 aromatic carbocycles. The van der Waals surface area contributed by atoms with Crippen molar-refractivity contribution in [3.63, 3.8) is 0 Å². The second-order valence-electron chi connectivity index (χ2n) is 6.15. The maximum absolute atomic E-state index is 13.4. The molecule has 31 heavy (non-hydrogen) atoms. The monoisotopic (exact) mass is 480 g/mol. The number of carbonyl (C=O) groups excluding carboxylic acids is 1. The summed E-state index contributed by atoms with van der Waals surface area (Å²) in [4.78, 5) is 23.6. The van der Waals surface area contributed by atoms with E-state index in [9.17, 15) is 23.3 Å². The molecule has 0 aliphatic heterocycles. The van der Waals surface area contributed by atoms with Gasteiger partial charge in [0.15, 0.2) is 0 Å². The Bertz CT molecular complexity index is 1250. The van der Waals surface area contributed by atoms with Gasteiger partial charge in [-0.05, 0) is 54.6 Å². The minimum Gasteiger partial charge on any atom is -0.497 e. The van der Waals surface area contributed by atoms with E-state index >= 15 is 0 Å². The summed E-state index contributed by atoms with van der Waals surface area (Å²) < 4.78 is 32.4. The number of rotatable bonds is 6. The fourth-order valence-corrected chi connectivity index (χ4v) is 4.43. The standard InChI is InChI=1S/C20H14Cl2N2O6S/c1-30-16-7-4-14(5-8-16)23(31(28,29)17-9-2-13(21)3-10-17)20(25)18-12-15(24(26)27)6-11-19(18)22/h2-12H,1H3. The molecule has 3 aromatic rings. The van der Waals surface area contributed by atoms with E-state index < -0.39 is 26.5 Å². The number of sulfonamides is 1. The number of non-ortho nitro benzene ring substituents is 1. The summed E-state index contributed by atoms with van der Waals surface area (Å²) in [6.07, 6.45) is 0. The van der Waals surface area contributed by atoms with E-state index in [1.54, 1.807) is 0 Å². The van der Waals surface area contributed by atoms with Gasteiger partial charge in [0.25, 0.3) is 21.6 Å². The summed E-state index contributed by atoms with van der Waals surface area (Å²) in [6.45, 7) is 0. The molecular formula is C20H14Cl2N2O6S. The van der Waals surface area contributed by atoms with E-state index in [4.69, 9.17) is 27.9 Å². The van der Waals surface area contributed by atoms with Gasteiger partial charge in [0.05, 0.1) is 33.2 Å². The maximum atomic E-state index is 13.4. The molecule has 0 heterocycles. The van der Waals surface area contributed by atoms with Gasteiger partial charge < -0.3 is 4.74 Å². The number of nitro benzene ring substituents is 1. The predicted octanol–water partition coefficient (Wildman–Crippen LogP) is 4.95. The third-order valence-corrected chi connectivity index (χ3v) is 6.54. The minimum atomic E-state index is -4.43. The molecule has 0 aliphatic carbocycles. The van der Waals surface area contributed by atoms with Crippen LogP contribution in [0, 0.1) is 10.1 Å². The number of nitro groups is 1. The Kier molecular flexibility index (Phi) is 6.49. The average molecular weight is 481 g/mol. The fraction of sp³-hybridized carbons (Fsp3) is 0.0500. The summed E-state index contributed by atoms with van der Waals surface area (Å²) in [5, 5.41) is 11.3. The number of methoxy groups -OCH3 is 1. The lowest BCUT2D eigenvalue weighted by Gasteiger charge is -2.23. The van der Waals surface area contributed by atoms with Gasteiger partial charge in [-0.2, -0.15) is 4.31 Å². The molecule has 3 rings (SSSR count). The Labute approximate surface area is 187 Å². The Hall–Kier alpha value is -3.14. The first-order valence-electron chi connectivity index (χ1n) is 8.58. The van der Waals surface area contributed by atoms with Crippen LogP contribution in [0.2, 0.25) is 10.0 Å². The number of nitrogens with zero attached hydrogens (tertiary/aromatic N) is 2. The Morgan fingerprint density at radius 2 is 1.61 bits per heavy atom. The van der Waals surface area contributed by atoms with E-state index in [1.165, 1.54) is 55.6 Å². The third-order valence-electron chi connectivity index (χ3n) is 4.23. The number of hydrogen-bond acceptors (Lipinski definition) is 6. The van der Waals surface area contributed by atoms with Crippen molar-refractivity contribution in [2.45, 2.75) is 4.90 Å². The molecule has 0 aromatic heterocycles. The smallest absolute Gasteiger partial charge is 0.274 e. The summed E-state index contributed by atoms with van der Waals surface area (Å²) in [5.74, 6) is -0.623. The molecule has 1 amide bonds. The van der Waals surface area contributed by atoms with Crippen LogP contribution in [0.1, 0.15) is 10.4 Å². The van der Waals surface area contributed by atoms with Crippen molar-refractivity contribution in [3.05, 3.63) is 92.5 Å². The molecule has 0 unspecified atom stereocenters. The van der Waals surface area contributed by atoms with Gasteiger partial charge in [-0.1, -0.05) is 23.2 Å². The highest BCUT2D eigenvalue weighted by atomic mass is 35.5. The van der Waals surface area contributed by atoms with Crippen molar-refractivity contribution in [1.82, 2.24) is 0 Å². The molecule has 0 N–H and O–H groups in total. The third kappa shape index (κ3) is 4.63. The van der Waals surface area contributed by atoms with Gasteiger partial charge in [-0.15, -0.1) is 0 Å². The quantitative estimate of drug-likeness (QED) is 0.365. The summed E-state index contributed by atoms with van der Waals surface area (Å²) in [6, 6.07) is 14.1. The molecule has 0 saturated heterocycles. The van der Waals surface area contributed by atoms with Crippen LogP contribution in [0.25, 0.3) is 0 Å². The van der Waals surface area contributed by atoms with Crippen molar-refractivity contribution in [1.29, 1.82) is 0 Å². The second kappa shape index (κ2) is 8.93. The van der Waals surface area contributed by atoms with Crippen LogP contribution in [0.4, 0.5) is 11.4 Å². The molecular weight excluding hydrogens is 467 g/mol. The summed E-state index contributed by atoms with van der Waals surface area (Å²) >= 11 is 11.9. The van der Waals surface area contributed by atoms with Crippen molar-refractivity contribution < 1.29 is 22.9 Å². The van der Waals surface area contributed by atoms with Crippen LogP contribution in [0.5, 0.6) is 5.75 Å². The zero-order valence-corrected chi connectivity index (χ0v) is 18.2. The molecule has 0 fully saturated rings. The number of amides is 1. The zero-order chi connectivity index (χ0) is 22.8. The number of benzene rings is 3. The van der Waals surface area contributed by atoms with E-state index in [0.717, 1.165) is 18.2 Å². The first-order chi connectivity index (χ1) is 14.6. The first-order valence-corrected chi connectivity index (χ1v) is 10.8. The van der Waals surface area contributed by atoms with Crippen molar-refractivity contribution >= 4 is 50.5 Å². The lowest BCUT2D eigenvalue weighted by molar-refractivity contribution is -0.384. The van der Waals surface area contributed by atoms with Crippen LogP contribution in [-0.4, -0.2) is 26.4 Å². The highest BCUT2D eigenvalue weighted by molar-refractivity contribution is 7.93. The molecule has 0 saturated carbocycles. The van der Waals surface area contributed by atoms with Gasteiger partial charge in [-0.3, -0.25) is 14.9 Å². The molecule has 160 valence electrons. The number of ether oxygens (including phenoxy) is 1. The topological polar surface area (TPSA) is 107 Å². The van der Waals surface area contributed by atoms with Crippen molar-refractivity contribution in [3.8, 4) is 5.75 Å². The molecule has 0 aliphatic rings. The van der Waals surface area contributed by atoms with Gasteiger partial charge >= 0.3 is 0 Å². The Balaban J connectivity index is 2.20. The highest BCUT2D eigenvalue weighted by Crippen LogP contribution is 2.31. The number of hydrogen-bond donors (Lipinski definition) is 0. The predicted molar refractivity (Wildman–Crippen MR) is 117 cm³/mol. The van der Waals surface area contributed by atoms with E-state index in [-0.39, 0.29) is 21.2 Å². The molecule has 0 radical (unpaired) electrons. The molecule has 0 bridgehead atoms. The van der Waals surface area contributed by atoms with Crippen molar-refractivity contribution in [2.75, 3.05) is 11.4 Å². The first kappa shape index (κ1) is 22.5. The van der Waals surface area contributed by atoms with Crippen LogP contribution in [-0.2, 0) is 10.0 Å². The van der Waals surface area contributed by atoms with Crippen LogP contribution in [0.3, 0.4) is 0 Å². The van der Waals surface area contributed by atoms with E-state index in [0.29, 0.717) is 15.1 Å². The van der Waals surface area contributed by atoms with E-state index in [2.05, 4.69) is 0 Å². The largest absolute Gasteiger partial charge is 0.497 e. The van der Waals surface area contributed by atoms with Gasteiger partial charge in [-0.25, -0.2) is 8.42 Å². The Morgan fingerprint density at radius 3 is 2.16 bits per heavy atom. The zero-order valence-electron chi connectivity index (χ0n) is 15.9. The number of anilines is 1. The number of carbonyl (C=O) groups is 1. The Morgan fingerprint density at radius 1 is 1.00 bits per heavy atom. The highest BCUT2D eigenvalue weighted by Gasteiger charge is 2.33. The second-order valence-corrected chi connectivity index (χ2v) is 8.78. The van der Waals surface area contributed by atoms with Gasteiger partial charge in [0, 0.05) is 17.2 Å². The van der Waals surface area contributed by atoms with Crippen LogP contribution in [0.15, 0.2) is 71.6 Å². The average Bonchev–Trinajstić information content (AvgIpc) is 2.74. The fourth-order valence-electron chi connectivity index (χ4n) is 2.69. The van der Waals surface area contributed by atoms with Crippen LogP contribution < -0.4 is 9.04 Å². The molecule has 11 heteroatoms. The van der Waals surface area contributed by atoms with Gasteiger partial charge in [0.1, 0.15) is 5.75 Å². The SMILES string of the molecule is COc1ccc(N(C(=O)c2cc([N+](=O)[O-])ccc2Cl)S(=O)(=O)c2ccc(Cl)cc2)cc1. The number of halogens is 2. The lowest BCUT2D eigenvalue weighted by atomic mass is 10.2. The van der Waals surface area contributed by atoms with E-state index in [1.807, 2.05) is 0 Å². The van der Waals surface area contributed by atoms with Gasteiger partial charge in [0.2, 0.25) is 0 Å². The molecule has 8 nitrogen and oxygen atoms in total. The molecule has 0 atom stereocenters. The summed E-state index contributed by atoms with van der Waals surface area (Å²) in [7, 11) is -3.00. The summed E-state index contributed by atoms with van der Waals surface area (Å²) in [5.41, 5.74) is -0.765.